The molecule has 0 spiro atoms. The Morgan fingerprint density at radius 3 is 2.76 bits per heavy atom. The highest BCUT2D eigenvalue weighted by molar-refractivity contribution is 7.12. The second kappa shape index (κ2) is 11.6. The maximum atomic E-state index is 13.2. The van der Waals surface area contributed by atoms with Crippen molar-refractivity contribution in [2.75, 3.05) is 29.1 Å². The Hall–Kier alpha value is -3.71. The van der Waals surface area contributed by atoms with Crippen molar-refractivity contribution < 1.29 is 32.6 Å². The lowest BCUT2D eigenvalue weighted by molar-refractivity contribution is -0.286. The summed E-state index contributed by atoms with van der Waals surface area (Å²) >= 11 is 7.33. The molecule has 0 fully saturated rings. The first kappa shape index (κ1) is 26.4. The predicted octanol–water partition coefficient (Wildman–Crippen LogP) is 5.13. The van der Waals surface area contributed by atoms with E-state index < -0.39 is 12.2 Å². The smallest absolute Gasteiger partial charge is 0.466 e. The number of hydrogen-bond acceptors (Lipinski definition) is 10. The number of ether oxygens (including phenoxy) is 3. The first-order valence-electron chi connectivity index (χ1n) is 11.2. The van der Waals surface area contributed by atoms with Gasteiger partial charge in [0.1, 0.15) is 10.0 Å². The van der Waals surface area contributed by atoms with Crippen LogP contribution in [0.15, 0.2) is 35.7 Å². The minimum absolute atomic E-state index is 0.113. The number of fused-ring (bicyclic) bond motifs is 1. The lowest BCUT2D eigenvalue weighted by Gasteiger charge is -2.10. The molecule has 3 heterocycles. The molecule has 1 aliphatic heterocycles. The third-order valence-corrected chi connectivity index (χ3v) is 5.99. The summed E-state index contributed by atoms with van der Waals surface area (Å²) in [6, 6.07) is 7.32. The average Bonchev–Trinajstić information content (AvgIpc) is 3.42. The molecule has 0 bridgehead atoms. The van der Waals surface area contributed by atoms with Gasteiger partial charge in [-0.15, -0.1) is 20.1 Å². The number of nitrogens with zero attached hydrogens (tertiary/aromatic N) is 2. The second-order valence-electron chi connectivity index (χ2n) is 7.64. The molecule has 1 amide bonds. The van der Waals surface area contributed by atoms with Crippen LogP contribution in [0.1, 0.15) is 35.1 Å². The fourth-order valence-corrected chi connectivity index (χ4v) is 4.30. The molecule has 0 atom stereocenters. The zero-order valence-electron chi connectivity index (χ0n) is 19.5. The van der Waals surface area contributed by atoms with Gasteiger partial charge in [-0.25, -0.2) is 9.97 Å². The van der Waals surface area contributed by atoms with E-state index in [1.807, 2.05) is 0 Å². The number of esters is 1. The van der Waals surface area contributed by atoms with Crippen molar-refractivity contribution in [3.05, 3.63) is 51.4 Å². The maximum Gasteiger partial charge on any atom is 0.586 e. The SMILES string of the molecule is CCOC(=O)CCCNc1nc(Cl)cc(CNc2ccsc2C(=O)Nc2ccc3c(c2)OC(F)(F)O3)n1. The number of hydrogen-bond donors (Lipinski definition) is 3. The molecule has 10 nitrogen and oxygen atoms in total. The van der Waals surface area contributed by atoms with Crippen LogP contribution in [0.3, 0.4) is 0 Å². The fourth-order valence-electron chi connectivity index (χ4n) is 3.32. The molecular weight excluding hydrogens is 532 g/mol. The molecule has 14 heteroatoms. The lowest BCUT2D eigenvalue weighted by Crippen LogP contribution is -2.25. The number of rotatable bonds is 11. The molecule has 0 radical (unpaired) electrons. The van der Waals surface area contributed by atoms with Gasteiger partial charge in [-0.2, -0.15) is 0 Å². The quantitative estimate of drug-likeness (QED) is 0.168. The summed E-state index contributed by atoms with van der Waals surface area (Å²) < 4.78 is 40.2. The number of anilines is 3. The second-order valence-corrected chi connectivity index (χ2v) is 8.94. The average molecular weight is 554 g/mol. The molecule has 3 N–H and O–H groups in total. The van der Waals surface area contributed by atoms with E-state index in [9.17, 15) is 18.4 Å². The number of amides is 1. The van der Waals surface area contributed by atoms with Crippen molar-refractivity contribution >= 4 is 52.1 Å². The van der Waals surface area contributed by atoms with Gasteiger partial charge >= 0.3 is 12.3 Å². The highest BCUT2D eigenvalue weighted by Crippen LogP contribution is 2.42. The van der Waals surface area contributed by atoms with E-state index >= 15 is 0 Å². The molecule has 4 rings (SSSR count). The molecule has 1 aliphatic rings. The number of thiophene rings is 1. The number of carbonyl (C=O) groups excluding carboxylic acids is 2. The molecule has 196 valence electrons. The van der Waals surface area contributed by atoms with Crippen LogP contribution in [0, 0.1) is 0 Å². The first-order valence-corrected chi connectivity index (χ1v) is 12.4. The Balaban J connectivity index is 1.33. The molecular formula is C23H22ClF2N5O5S. The van der Waals surface area contributed by atoms with E-state index in [1.165, 1.54) is 29.5 Å². The van der Waals surface area contributed by atoms with Crippen LogP contribution < -0.4 is 25.4 Å². The molecule has 1 aromatic carbocycles. The van der Waals surface area contributed by atoms with Crippen molar-refractivity contribution in [3.63, 3.8) is 0 Å². The number of aromatic nitrogens is 2. The molecule has 0 saturated heterocycles. The summed E-state index contributed by atoms with van der Waals surface area (Å²) in [6.07, 6.45) is -2.92. The van der Waals surface area contributed by atoms with Gasteiger partial charge < -0.3 is 30.2 Å². The van der Waals surface area contributed by atoms with Crippen LogP contribution in [0.25, 0.3) is 0 Å². The zero-order chi connectivity index (χ0) is 26.4. The zero-order valence-corrected chi connectivity index (χ0v) is 21.0. The Kier molecular flexibility index (Phi) is 8.24. The maximum absolute atomic E-state index is 13.2. The molecule has 2 aromatic heterocycles. The van der Waals surface area contributed by atoms with Gasteiger partial charge in [-0.3, -0.25) is 9.59 Å². The minimum Gasteiger partial charge on any atom is -0.466 e. The van der Waals surface area contributed by atoms with Gasteiger partial charge in [0.15, 0.2) is 11.5 Å². The number of benzene rings is 1. The van der Waals surface area contributed by atoms with Crippen molar-refractivity contribution in [2.45, 2.75) is 32.6 Å². The van der Waals surface area contributed by atoms with Gasteiger partial charge in [0, 0.05) is 24.7 Å². The normalized spacial score (nSPS) is 13.2. The van der Waals surface area contributed by atoms with Crippen LogP contribution in [0.5, 0.6) is 11.5 Å². The summed E-state index contributed by atoms with van der Waals surface area (Å²) in [6.45, 7) is 2.80. The monoisotopic (exact) mass is 553 g/mol. The van der Waals surface area contributed by atoms with Crippen LogP contribution in [-0.4, -0.2) is 41.3 Å². The summed E-state index contributed by atoms with van der Waals surface area (Å²) in [4.78, 5) is 33.2. The molecule has 37 heavy (non-hydrogen) atoms. The summed E-state index contributed by atoms with van der Waals surface area (Å²) in [5.41, 5.74) is 1.39. The van der Waals surface area contributed by atoms with Crippen LogP contribution in [0.4, 0.5) is 26.1 Å². The minimum atomic E-state index is -3.74. The molecule has 0 saturated carbocycles. The third kappa shape index (κ3) is 7.17. The van der Waals surface area contributed by atoms with E-state index in [1.54, 1.807) is 24.4 Å². The van der Waals surface area contributed by atoms with Gasteiger partial charge in [0.05, 0.1) is 24.5 Å². The van der Waals surface area contributed by atoms with Crippen molar-refractivity contribution in [1.29, 1.82) is 0 Å². The van der Waals surface area contributed by atoms with Gasteiger partial charge in [-0.1, -0.05) is 11.6 Å². The topological polar surface area (TPSA) is 124 Å². The van der Waals surface area contributed by atoms with Crippen LogP contribution >= 0.6 is 22.9 Å². The molecule has 0 aliphatic carbocycles. The summed E-state index contributed by atoms with van der Waals surface area (Å²) in [5.74, 6) is -0.675. The standard InChI is InChI=1S/C23H22ClF2N5O5S/c1-2-34-19(32)4-3-8-27-22-30-14(11-18(24)31-22)12-28-15-7-9-37-20(15)21(33)29-13-5-6-16-17(10-13)36-23(25,26)35-16/h5-7,9-11,28H,2-4,8,12H2,1H3,(H,29,33)(H,27,30,31). The van der Waals surface area contributed by atoms with E-state index in [4.69, 9.17) is 16.3 Å². The van der Waals surface area contributed by atoms with E-state index in [0.29, 0.717) is 41.8 Å². The Labute approximate surface area is 219 Å². The largest absolute Gasteiger partial charge is 0.586 e. The van der Waals surface area contributed by atoms with Gasteiger partial charge in [0.25, 0.3) is 5.91 Å². The predicted molar refractivity (Wildman–Crippen MR) is 134 cm³/mol. The lowest BCUT2D eigenvalue weighted by atomic mass is 10.2. The van der Waals surface area contributed by atoms with E-state index in [2.05, 4.69) is 35.4 Å². The number of alkyl halides is 2. The molecule has 3 aromatic rings. The summed E-state index contributed by atoms with van der Waals surface area (Å²) in [5, 5.41) is 10.8. The highest BCUT2D eigenvalue weighted by Gasteiger charge is 2.43. The Morgan fingerprint density at radius 1 is 1.14 bits per heavy atom. The van der Waals surface area contributed by atoms with E-state index in [-0.39, 0.29) is 41.3 Å². The van der Waals surface area contributed by atoms with Gasteiger partial charge in [-0.05, 0) is 43.0 Å². The number of carbonyl (C=O) groups is 2. The first-order chi connectivity index (χ1) is 17.7. The summed E-state index contributed by atoms with van der Waals surface area (Å²) in [7, 11) is 0. The highest BCUT2D eigenvalue weighted by atomic mass is 35.5. The number of nitrogens with one attached hydrogen (secondary N) is 3. The van der Waals surface area contributed by atoms with Crippen molar-refractivity contribution in [3.8, 4) is 11.5 Å². The van der Waals surface area contributed by atoms with Crippen molar-refractivity contribution in [2.24, 2.45) is 0 Å². The van der Waals surface area contributed by atoms with Crippen LogP contribution in [0.2, 0.25) is 5.15 Å². The van der Waals surface area contributed by atoms with Gasteiger partial charge in [0.2, 0.25) is 5.95 Å². The number of halogens is 3. The fraction of sp³-hybridized carbons (Fsp3) is 0.304. The third-order valence-electron chi connectivity index (χ3n) is 4.88. The van der Waals surface area contributed by atoms with Crippen molar-refractivity contribution in [1.82, 2.24) is 9.97 Å². The Bertz CT molecular complexity index is 1290. The van der Waals surface area contributed by atoms with Crippen LogP contribution in [-0.2, 0) is 16.1 Å². The van der Waals surface area contributed by atoms with E-state index in [0.717, 1.165) is 0 Å². The molecule has 0 unspecified atom stereocenters. The Morgan fingerprint density at radius 2 is 1.95 bits per heavy atom.